The maximum absolute atomic E-state index is 9.59. The lowest BCUT2D eigenvalue weighted by atomic mass is 9.72. The lowest BCUT2D eigenvalue weighted by molar-refractivity contribution is -0.0729. The van der Waals surface area contributed by atoms with Gasteiger partial charge in [-0.1, -0.05) is 6.92 Å². The molecule has 2 N–H and O–H groups in total. The lowest BCUT2D eigenvalue weighted by Gasteiger charge is -2.37. The van der Waals surface area contributed by atoms with Gasteiger partial charge in [-0.3, -0.25) is 0 Å². The van der Waals surface area contributed by atoms with Gasteiger partial charge < -0.3 is 14.9 Å². The van der Waals surface area contributed by atoms with Crippen molar-refractivity contribution >= 4 is 0 Å². The molecule has 3 nitrogen and oxygen atoms in total. The first-order valence-corrected chi connectivity index (χ1v) is 4.64. The van der Waals surface area contributed by atoms with Crippen molar-refractivity contribution < 1.29 is 14.9 Å². The van der Waals surface area contributed by atoms with Crippen LogP contribution < -0.4 is 0 Å². The molecule has 12 heavy (non-hydrogen) atoms. The molecule has 1 saturated heterocycles. The van der Waals surface area contributed by atoms with Crippen LogP contribution in [0.2, 0.25) is 0 Å². The zero-order chi connectivity index (χ0) is 8.72. The fourth-order valence-corrected chi connectivity index (χ4v) is 2.49. The van der Waals surface area contributed by atoms with E-state index in [-0.39, 0.29) is 5.92 Å². The maximum Gasteiger partial charge on any atom is 0.0828 e. The molecular formula is C9H16O3. The molecule has 2 fully saturated rings. The van der Waals surface area contributed by atoms with Gasteiger partial charge in [-0.2, -0.15) is 0 Å². The van der Waals surface area contributed by atoms with Crippen molar-refractivity contribution in [3.05, 3.63) is 0 Å². The van der Waals surface area contributed by atoms with Crippen LogP contribution in [0.15, 0.2) is 0 Å². The van der Waals surface area contributed by atoms with E-state index in [4.69, 9.17) is 4.74 Å². The predicted molar refractivity (Wildman–Crippen MR) is 43.6 cm³/mol. The fourth-order valence-electron chi connectivity index (χ4n) is 2.49. The van der Waals surface area contributed by atoms with Crippen LogP contribution in [0.25, 0.3) is 0 Å². The van der Waals surface area contributed by atoms with E-state index in [1.54, 1.807) is 0 Å². The number of hydrogen-bond donors (Lipinski definition) is 2. The van der Waals surface area contributed by atoms with E-state index in [1.165, 1.54) is 0 Å². The van der Waals surface area contributed by atoms with Crippen LogP contribution in [0.1, 0.15) is 13.3 Å². The monoisotopic (exact) mass is 172 g/mol. The summed E-state index contributed by atoms with van der Waals surface area (Å²) < 4.78 is 5.34. The fraction of sp³-hybridized carbons (Fsp3) is 1.00. The Balaban J connectivity index is 2.10. The average molecular weight is 172 g/mol. The molecule has 2 rings (SSSR count). The van der Waals surface area contributed by atoms with E-state index in [2.05, 4.69) is 0 Å². The molecule has 0 radical (unpaired) electrons. The molecule has 0 spiro atoms. The van der Waals surface area contributed by atoms with Gasteiger partial charge in [0.25, 0.3) is 0 Å². The molecule has 0 aromatic rings. The number of rotatable bonds is 0. The molecule has 0 aromatic heterocycles. The van der Waals surface area contributed by atoms with Crippen molar-refractivity contribution in [3.8, 4) is 0 Å². The second-order valence-electron chi connectivity index (χ2n) is 4.11. The van der Waals surface area contributed by atoms with Gasteiger partial charge in [-0.25, -0.2) is 0 Å². The van der Waals surface area contributed by atoms with Gasteiger partial charge in [0.15, 0.2) is 0 Å². The summed E-state index contributed by atoms with van der Waals surface area (Å²) >= 11 is 0. The van der Waals surface area contributed by atoms with Gasteiger partial charge >= 0.3 is 0 Å². The van der Waals surface area contributed by atoms with Crippen molar-refractivity contribution in [1.82, 2.24) is 0 Å². The predicted octanol–water partition coefficient (Wildman–Crippen LogP) is 0.0106. The third-order valence-corrected chi connectivity index (χ3v) is 3.40. The van der Waals surface area contributed by atoms with Gasteiger partial charge in [0.1, 0.15) is 0 Å². The third kappa shape index (κ3) is 1.16. The molecule has 1 heterocycles. The first-order chi connectivity index (χ1) is 5.70. The van der Waals surface area contributed by atoms with Crippen molar-refractivity contribution in [2.24, 2.45) is 17.8 Å². The quantitative estimate of drug-likeness (QED) is 0.541. The van der Waals surface area contributed by atoms with Crippen molar-refractivity contribution in [1.29, 1.82) is 0 Å². The summed E-state index contributed by atoms with van der Waals surface area (Å²) in [5, 5.41) is 19.1. The first-order valence-electron chi connectivity index (χ1n) is 4.64. The van der Waals surface area contributed by atoms with Crippen LogP contribution in [0.3, 0.4) is 0 Å². The summed E-state index contributed by atoms with van der Waals surface area (Å²) in [5.74, 6) is 1.11. The van der Waals surface area contributed by atoms with Crippen LogP contribution in [0.4, 0.5) is 0 Å². The van der Waals surface area contributed by atoms with Crippen LogP contribution >= 0.6 is 0 Å². The van der Waals surface area contributed by atoms with Gasteiger partial charge in [0.05, 0.1) is 18.8 Å². The summed E-state index contributed by atoms with van der Waals surface area (Å²) in [5.41, 5.74) is 0. The SMILES string of the molecule is CC1C(O)C(O)CC2COCC21. The van der Waals surface area contributed by atoms with Gasteiger partial charge in [-0.05, 0) is 24.2 Å². The van der Waals surface area contributed by atoms with Gasteiger partial charge in [0, 0.05) is 6.61 Å². The van der Waals surface area contributed by atoms with Crippen LogP contribution in [0, 0.1) is 17.8 Å². The lowest BCUT2D eigenvalue weighted by Crippen LogP contribution is -2.45. The maximum atomic E-state index is 9.59. The summed E-state index contributed by atoms with van der Waals surface area (Å²) in [6.07, 6.45) is -0.383. The highest BCUT2D eigenvalue weighted by Gasteiger charge is 2.43. The van der Waals surface area contributed by atoms with E-state index in [0.717, 1.165) is 13.2 Å². The molecule has 0 amide bonds. The molecule has 1 aliphatic carbocycles. The Kier molecular flexibility index (Phi) is 2.10. The first kappa shape index (κ1) is 8.48. The summed E-state index contributed by atoms with van der Waals surface area (Å²) in [4.78, 5) is 0. The average Bonchev–Trinajstić information content (AvgIpc) is 2.48. The Bertz CT molecular complexity index is 171. The van der Waals surface area contributed by atoms with E-state index >= 15 is 0 Å². The van der Waals surface area contributed by atoms with Crippen LogP contribution in [-0.4, -0.2) is 35.6 Å². The Hall–Kier alpha value is -0.120. The number of hydrogen-bond acceptors (Lipinski definition) is 3. The van der Waals surface area contributed by atoms with Gasteiger partial charge in [-0.15, -0.1) is 0 Å². The second-order valence-corrected chi connectivity index (χ2v) is 4.11. The molecule has 70 valence electrons. The van der Waals surface area contributed by atoms with Gasteiger partial charge in [0.2, 0.25) is 0 Å². The number of aliphatic hydroxyl groups is 2. The summed E-state index contributed by atoms with van der Waals surface area (Å²) in [6, 6.07) is 0. The minimum absolute atomic E-state index is 0.182. The third-order valence-electron chi connectivity index (χ3n) is 3.40. The standard InChI is InChI=1S/C9H16O3/c1-5-7-4-12-3-6(7)2-8(10)9(5)11/h5-11H,2-4H2,1H3. The molecule has 1 aliphatic heterocycles. The molecule has 0 bridgehead atoms. The highest BCUT2D eigenvalue weighted by Crippen LogP contribution is 2.38. The van der Waals surface area contributed by atoms with E-state index in [0.29, 0.717) is 18.3 Å². The van der Waals surface area contributed by atoms with E-state index in [1.807, 2.05) is 6.92 Å². The smallest absolute Gasteiger partial charge is 0.0828 e. The molecule has 2 aliphatic rings. The molecule has 5 atom stereocenters. The Labute approximate surface area is 72.3 Å². The van der Waals surface area contributed by atoms with E-state index < -0.39 is 12.2 Å². The Morgan fingerprint density at radius 3 is 2.75 bits per heavy atom. The Morgan fingerprint density at radius 1 is 1.25 bits per heavy atom. The zero-order valence-corrected chi connectivity index (χ0v) is 7.31. The Morgan fingerprint density at radius 2 is 2.00 bits per heavy atom. The molecular weight excluding hydrogens is 156 g/mol. The molecule has 5 unspecified atom stereocenters. The minimum Gasteiger partial charge on any atom is -0.390 e. The molecule has 1 saturated carbocycles. The molecule has 3 heteroatoms. The minimum atomic E-state index is -0.548. The number of fused-ring (bicyclic) bond motifs is 1. The second kappa shape index (κ2) is 2.98. The summed E-state index contributed by atoms with van der Waals surface area (Å²) in [6.45, 7) is 3.52. The van der Waals surface area contributed by atoms with E-state index in [9.17, 15) is 10.2 Å². The highest BCUT2D eigenvalue weighted by atomic mass is 16.5. The number of aliphatic hydroxyl groups excluding tert-OH is 2. The largest absolute Gasteiger partial charge is 0.390 e. The number of ether oxygens (including phenoxy) is 1. The van der Waals surface area contributed by atoms with Crippen LogP contribution in [-0.2, 0) is 4.74 Å². The van der Waals surface area contributed by atoms with Crippen molar-refractivity contribution in [2.75, 3.05) is 13.2 Å². The topological polar surface area (TPSA) is 49.7 Å². The van der Waals surface area contributed by atoms with Crippen LogP contribution in [0.5, 0.6) is 0 Å². The molecule has 0 aromatic carbocycles. The van der Waals surface area contributed by atoms with Crippen molar-refractivity contribution in [3.63, 3.8) is 0 Å². The normalized spacial score (nSPS) is 53.8. The zero-order valence-electron chi connectivity index (χ0n) is 7.31. The summed E-state index contributed by atoms with van der Waals surface area (Å²) in [7, 11) is 0. The highest BCUT2D eigenvalue weighted by molar-refractivity contribution is 4.92. The van der Waals surface area contributed by atoms with Crippen molar-refractivity contribution in [2.45, 2.75) is 25.6 Å².